The van der Waals surface area contributed by atoms with E-state index in [1.165, 1.54) is 40.1 Å². The molecule has 28 heavy (non-hydrogen) atoms. The van der Waals surface area contributed by atoms with Crippen LogP contribution in [0.25, 0.3) is 23.1 Å². The van der Waals surface area contributed by atoms with Crippen LogP contribution in [-0.2, 0) is 12.8 Å². The van der Waals surface area contributed by atoms with Gasteiger partial charge in [0.25, 0.3) is 0 Å². The van der Waals surface area contributed by atoms with Crippen LogP contribution in [0.5, 0.6) is 5.75 Å². The molecule has 0 radical (unpaired) electrons. The van der Waals surface area contributed by atoms with Gasteiger partial charge in [-0.2, -0.15) is 0 Å². The van der Waals surface area contributed by atoms with Crippen LogP contribution >= 0.6 is 0 Å². The van der Waals surface area contributed by atoms with Gasteiger partial charge in [0.1, 0.15) is 0 Å². The fourth-order valence-corrected chi connectivity index (χ4v) is 4.33. The van der Waals surface area contributed by atoms with Crippen molar-refractivity contribution >= 4 is 23.1 Å². The van der Waals surface area contributed by atoms with Crippen LogP contribution in [-0.4, -0.2) is 5.11 Å². The highest BCUT2D eigenvalue weighted by atomic mass is 16.3. The van der Waals surface area contributed by atoms with Gasteiger partial charge >= 0.3 is 0 Å². The standard InChI is InChI=1S/C18H16.C8H6O2/c1-3-7-15-13(5-1)9-11-18-16-8-4-2-6-14(16)10-12-17(15)18;9-7-3-1-2-6-4-5-10-8(6)7/h1,3,5-7,9-10,12H,2,4,8,11H2;1-5,9H. The SMILES string of the molecule is C1=c2ccc3c(c2CCC1)CC=c1ccccc1=3.Oc1cccc2ccoc12. The minimum Gasteiger partial charge on any atom is -0.504 e. The Bertz CT molecular complexity index is 1380. The Morgan fingerprint density at radius 2 is 1.68 bits per heavy atom. The Hall–Kier alpha value is -3.26. The Labute approximate surface area is 163 Å². The number of aromatic hydroxyl groups is 1. The Balaban J connectivity index is 0.000000145. The highest BCUT2D eigenvalue weighted by Crippen LogP contribution is 2.24. The number of furan rings is 1. The quantitative estimate of drug-likeness (QED) is 0.495. The maximum absolute atomic E-state index is 9.17. The molecule has 1 N–H and O–H groups in total. The average molecular weight is 366 g/mol. The van der Waals surface area contributed by atoms with E-state index in [1.807, 2.05) is 12.1 Å². The van der Waals surface area contributed by atoms with Crippen molar-refractivity contribution in [1.82, 2.24) is 0 Å². The fraction of sp³-hybridized carbons (Fsp3) is 0.154. The molecule has 0 fully saturated rings. The van der Waals surface area contributed by atoms with Crippen LogP contribution in [0, 0.1) is 10.4 Å². The molecular weight excluding hydrogens is 344 g/mol. The molecule has 0 bridgehead atoms. The first-order valence-electron chi connectivity index (χ1n) is 9.87. The molecule has 2 nitrogen and oxygen atoms in total. The number of fused-ring (bicyclic) bond motifs is 5. The van der Waals surface area contributed by atoms with Crippen molar-refractivity contribution in [2.45, 2.75) is 25.7 Å². The van der Waals surface area contributed by atoms with E-state index in [-0.39, 0.29) is 5.75 Å². The number of hydrogen-bond acceptors (Lipinski definition) is 2. The molecule has 2 aliphatic carbocycles. The minimum absolute atomic E-state index is 0.197. The molecule has 0 atom stereocenters. The van der Waals surface area contributed by atoms with Gasteiger partial charge < -0.3 is 9.52 Å². The van der Waals surface area contributed by atoms with Crippen molar-refractivity contribution in [3.8, 4) is 5.75 Å². The van der Waals surface area contributed by atoms with Crippen LogP contribution in [0.2, 0.25) is 0 Å². The highest BCUT2D eigenvalue weighted by Gasteiger charge is 2.10. The van der Waals surface area contributed by atoms with Crippen LogP contribution < -0.4 is 10.4 Å². The Morgan fingerprint density at radius 1 is 0.750 bits per heavy atom. The van der Waals surface area contributed by atoms with E-state index in [4.69, 9.17) is 9.52 Å². The van der Waals surface area contributed by atoms with Crippen molar-refractivity contribution in [1.29, 1.82) is 0 Å². The van der Waals surface area contributed by atoms with Crippen molar-refractivity contribution < 1.29 is 9.52 Å². The lowest BCUT2D eigenvalue weighted by molar-refractivity contribution is 0.465. The normalized spacial score (nSPS) is 13.9. The van der Waals surface area contributed by atoms with E-state index in [2.05, 4.69) is 48.6 Å². The summed E-state index contributed by atoms with van der Waals surface area (Å²) in [5.41, 5.74) is 3.73. The summed E-state index contributed by atoms with van der Waals surface area (Å²) < 4.78 is 5.00. The number of rotatable bonds is 0. The summed E-state index contributed by atoms with van der Waals surface area (Å²) in [6.07, 6.45) is 11.3. The molecule has 0 unspecified atom stereocenters. The first-order chi connectivity index (χ1) is 13.8. The second-order valence-electron chi connectivity index (χ2n) is 7.37. The van der Waals surface area contributed by atoms with E-state index >= 15 is 0 Å². The van der Waals surface area contributed by atoms with E-state index < -0.39 is 0 Å². The third kappa shape index (κ3) is 2.91. The monoisotopic (exact) mass is 366 g/mol. The van der Waals surface area contributed by atoms with Crippen LogP contribution in [0.15, 0.2) is 71.3 Å². The number of phenolic OH excluding ortho intramolecular Hbond substituents is 1. The summed E-state index contributed by atoms with van der Waals surface area (Å²) in [5, 5.41) is 15.8. The molecule has 0 saturated heterocycles. The second kappa shape index (κ2) is 7.05. The van der Waals surface area contributed by atoms with Crippen molar-refractivity contribution in [2.75, 3.05) is 0 Å². The molecular formula is C26H22O2. The van der Waals surface area contributed by atoms with E-state index in [1.54, 1.807) is 29.5 Å². The summed E-state index contributed by atoms with van der Waals surface area (Å²) in [5.74, 6) is 0.197. The topological polar surface area (TPSA) is 33.4 Å². The number of hydrogen-bond donors (Lipinski definition) is 1. The van der Waals surface area contributed by atoms with Gasteiger partial charge in [-0.3, -0.25) is 0 Å². The molecule has 0 amide bonds. The maximum atomic E-state index is 9.17. The molecule has 4 aromatic rings. The third-order valence-corrected chi connectivity index (χ3v) is 5.70. The van der Waals surface area contributed by atoms with Gasteiger partial charge in [0, 0.05) is 5.39 Å². The molecule has 2 heteroatoms. The zero-order valence-corrected chi connectivity index (χ0v) is 15.7. The zero-order chi connectivity index (χ0) is 18.9. The zero-order valence-electron chi connectivity index (χ0n) is 15.7. The van der Waals surface area contributed by atoms with Gasteiger partial charge in [-0.05, 0) is 69.8 Å². The first kappa shape index (κ1) is 16.9. The maximum Gasteiger partial charge on any atom is 0.175 e. The predicted octanol–water partition coefficient (Wildman–Crippen LogP) is 4.57. The van der Waals surface area contributed by atoms with Crippen molar-refractivity contribution in [3.05, 3.63) is 98.9 Å². The van der Waals surface area contributed by atoms with Crippen LogP contribution in [0.1, 0.15) is 24.0 Å². The summed E-state index contributed by atoms with van der Waals surface area (Å²) >= 11 is 0. The third-order valence-electron chi connectivity index (χ3n) is 5.70. The highest BCUT2D eigenvalue weighted by molar-refractivity contribution is 5.82. The van der Waals surface area contributed by atoms with Crippen LogP contribution in [0.4, 0.5) is 0 Å². The van der Waals surface area contributed by atoms with E-state index in [0.717, 1.165) is 11.8 Å². The second-order valence-corrected chi connectivity index (χ2v) is 7.37. The molecule has 0 aliphatic heterocycles. The van der Waals surface area contributed by atoms with E-state index in [0.29, 0.717) is 5.58 Å². The summed E-state index contributed by atoms with van der Waals surface area (Å²) in [6, 6.07) is 20.5. The molecule has 1 heterocycles. The van der Waals surface area contributed by atoms with Crippen LogP contribution in [0.3, 0.4) is 0 Å². The van der Waals surface area contributed by atoms with Crippen molar-refractivity contribution in [2.24, 2.45) is 0 Å². The Kier molecular flexibility index (Phi) is 4.25. The fourth-order valence-electron chi connectivity index (χ4n) is 4.33. The summed E-state index contributed by atoms with van der Waals surface area (Å²) in [4.78, 5) is 0. The molecule has 138 valence electrons. The number of para-hydroxylation sites is 1. The average Bonchev–Trinajstić information content (AvgIpc) is 3.24. The van der Waals surface area contributed by atoms with Gasteiger partial charge in [-0.1, -0.05) is 60.7 Å². The largest absolute Gasteiger partial charge is 0.504 e. The van der Waals surface area contributed by atoms with Gasteiger partial charge in [0.05, 0.1) is 6.26 Å². The lowest BCUT2D eigenvalue weighted by Crippen LogP contribution is -2.19. The van der Waals surface area contributed by atoms with E-state index in [9.17, 15) is 0 Å². The molecule has 6 rings (SSSR count). The Morgan fingerprint density at radius 3 is 2.61 bits per heavy atom. The number of benzene rings is 3. The first-order valence-corrected chi connectivity index (χ1v) is 9.87. The molecule has 0 spiro atoms. The molecule has 0 saturated carbocycles. The smallest absolute Gasteiger partial charge is 0.175 e. The number of phenols is 1. The molecule has 1 aromatic heterocycles. The van der Waals surface area contributed by atoms with Crippen molar-refractivity contribution in [3.63, 3.8) is 0 Å². The van der Waals surface area contributed by atoms with Gasteiger partial charge in [0.15, 0.2) is 11.3 Å². The lowest BCUT2D eigenvalue weighted by atomic mass is 9.89. The molecule has 2 aliphatic rings. The summed E-state index contributed by atoms with van der Waals surface area (Å²) in [6.45, 7) is 0. The predicted molar refractivity (Wildman–Crippen MR) is 113 cm³/mol. The van der Waals surface area contributed by atoms with Gasteiger partial charge in [-0.25, -0.2) is 0 Å². The van der Waals surface area contributed by atoms with Gasteiger partial charge in [-0.15, -0.1) is 0 Å². The minimum atomic E-state index is 0.197. The van der Waals surface area contributed by atoms with Gasteiger partial charge in [0.2, 0.25) is 0 Å². The molecule has 3 aromatic carbocycles. The summed E-state index contributed by atoms with van der Waals surface area (Å²) in [7, 11) is 0. The lowest BCUT2D eigenvalue weighted by Gasteiger charge is -2.16.